The zero-order valence-electron chi connectivity index (χ0n) is 14.6. The lowest BCUT2D eigenvalue weighted by Crippen LogP contribution is -2.13. The Morgan fingerprint density at radius 1 is 1.08 bits per heavy atom. The first-order valence-corrected chi connectivity index (χ1v) is 10.0. The standard InChI is InChI=1S/C20H19BrN2O2S/c1-13(15-6-4-3-5-7-15)12-18-22-23-20(25-18)26-14(2)19(24)16-8-10-17(21)11-9-16/h3-11,13-14H,12H2,1-2H3. The number of rotatable bonds is 7. The highest BCUT2D eigenvalue weighted by molar-refractivity contribution is 9.10. The van der Waals surface area contributed by atoms with Gasteiger partial charge in [-0.05, 0) is 30.5 Å². The topological polar surface area (TPSA) is 56.0 Å². The van der Waals surface area contributed by atoms with Crippen LogP contribution >= 0.6 is 27.7 Å². The quantitative estimate of drug-likeness (QED) is 0.363. The summed E-state index contributed by atoms with van der Waals surface area (Å²) in [5.74, 6) is 0.920. The van der Waals surface area contributed by atoms with Crippen LogP contribution in [-0.2, 0) is 6.42 Å². The number of thioether (sulfide) groups is 1. The molecule has 0 N–H and O–H groups in total. The summed E-state index contributed by atoms with van der Waals surface area (Å²) in [6.07, 6.45) is 0.673. The molecule has 0 fully saturated rings. The molecule has 0 spiro atoms. The lowest BCUT2D eigenvalue weighted by molar-refractivity contribution is 0.0993. The molecule has 134 valence electrons. The lowest BCUT2D eigenvalue weighted by atomic mass is 9.98. The average Bonchev–Trinajstić information content (AvgIpc) is 3.09. The molecule has 0 saturated heterocycles. The second kappa shape index (κ2) is 8.64. The Labute approximate surface area is 165 Å². The third kappa shape index (κ3) is 4.83. The van der Waals surface area contributed by atoms with Crippen LogP contribution in [0.5, 0.6) is 0 Å². The lowest BCUT2D eigenvalue weighted by Gasteiger charge is -2.09. The van der Waals surface area contributed by atoms with Crippen LogP contribution in [0.1, 0.15) is 41.6 Å². The fraction of sp³-hybridized carbons (Fsp3) is 0.250. The van der Waals surface area contributed by atoms with Crippen LogP contribution in [-0.4, -0.2) is 21.2 Å². The number of halogens is 1. The molecular formula is C20H19BrN2O2S. The van der Waals surface area contributed by atoms with Crippen molar-refractivity contribution in [2.75, 3.05) is 0 Å². The summed E-state index contributed by atoms with van der Waals surface area (Å²) in [4.78, 5) is 12.5. The molecule has 3 aromatic rings. The molecule has 0 saturated carbocycles. The van der Waals surface area contributed by atoms with Crippen LogP contribution < -0.4 is 0 Å². The van der Waals surface area contributed by atoms with Crippen molar-refractivity contribution >= 4 is 33.5 Å². The number of carbonyl (C=O) groups excluding carboxylic acids is 1. The molecule has 1 aromatic heterocycles. The number of benzene rings is 2. The van der Waals surface area contributed by atoms with E-state index < -0.39 is 0 Å². The van der Waals surface area contributed by atoms with Gasteiger partial charge in [0.1, 0.15) is 0 Å². The minimum absolute atomic E-state index is 0.0416. The maximum atomic E-state index is 12.5. The van der Waals surface area contributed by atoms with E-state index in [1.807, 2.05) is 49.4 Å². The molecule has 1 heterocycles. The van der Waals surface area contributed by atoms with Gasteiger partial charge in [-0.15, -0.1) is 10.2 Å². The van der Waals surface area contributed by atoms with Crippen LogP contribution in [0.3, 0.4) is 0 Å². The zero-order chi connectivity index (χ0) is 18.5. The molecule has 0 aliphatic rings. The third-order valence-electron chi connectivity index (χ3n) is 4.07. The van der Waals surface area contributed by atoms with E-state index in [0.29, 0.717) is 23.1 Å². The SMILES string of the molecule is CC(Sc1nnc(CC(C)c2ccccc2)o1)C(=O)c1ccc(Br)cc1. The van der Waals surface area contributed by atoms with Gasteiger partial charge in [0.15, 0.2) is 5.78 Å². The summed E-state index contributed by atoms with van der Waals surface area (Å²) in [6.45, 7) is 3.98. The van der Waals surface area contributed by atoms with E-state index in [-0.39, 0.29) is 17.0 Å². The summed E-state index contributed by atoms with van der Waals surface area (Å²) < 4.78 is 6.68. The molecule has 0 amide bonds. The van der Waals surface area contributed by atoms with Gasteiger partial charge < -0.3 is 4.42 Å². The van der Waals surface area contributed by atoms with E-state index in [4.69, 9.17) is 4.42 Å². The Morgan fingerprint density at radius 3 is 2.46 bits per heavy atom. The van der Waals surface area contributed by atoms with Crippen LogP contribution in [0.2, 0.25) is 0 Å². The van der Waals surface area contributed by atoms with Gasteiger partial charge in [-0.3, -0.25) is 4.79 Å². The third-order valence-corrected chi connectivity index (χ3v) is 5.54. The summed E-state index contributed by atoms with van der Waals surface area (Å²) in [6, 6.07) is 17.6. The molecule has 0 aliphatic heterocycles. The molecule has 26 heavy (non-hydrogen) atoms. The second-order valence-electron chi connectivity index (χ2n) is 6.11. The number of hydrogen-bond donors (Lipinski definition) is 0. The van der Waals surface area contributed by atoms with Gasteiger partial charge in [-0.1, -0.05) is 77.1 Å². The molecular weight excluding hydrogens is 412 g/mol. The van der Waals surface area contributed by atoms with Crippen LogP contribution in [0, 0.1) is 0 Å². The van der Waals surface area contributed by atoms with Crippen molar-refractivity contribution < 1.29 is 9.21 Å². The summed E-state index contributed by atoms with van der Waals surface area (Å²) in [5.41, 5.74) is 1.91. The van der Waals surface area contributed by atoms with Gasteiger partial charge in [-0.25, -0.2) is 0 Å². The molecule has 2 aromatic carbocycles. The Morgan fingerprint density at radius 2 is 1.77 bits per heavy atom. The first-order chi connectivity index (χ1) is 12.5. The summed E-state index contributed by atoms with van der Waals surface area (Å²) >= 11 is 4.67. The van der Waals surface area contributed by atoms with Gasteiger partial charge in [0, 0.05) is 16.5 Å². The number of nitrogens with zero attached hydrogens (tertiary/aromatic N) is 2. The fourth-order valence-electron chi connectivity index (χ4n) is 2.58. The summed E-state index contributed by atoms with van der Waals surface area (Å²) in [7, 11) is 0. The number of aromatic nitrogens is 2. The first-order valence-electron chi connectivity index (χ1n) is 8.36. The van der Waals surface area contributed by atoms with E-state index in [1.165, 1.54) is 17.3 Å². The Bertz CT molecular complexity index is 865. The number of ketones is 1. The molecule has 2 atom stereocenters. The highest BCUT2D eigenvalue weighted by Gasteiger charge is 2.20. The van der Waals surface area contributed by atoms with Gasteiger partial charge in [0.2, 0.25) is 5.89 Å². The van der Waals surface area contributed by atoms with Crippen molar-refractivity contribution in [3.63, 3.8) is 0 Å². The highest BCUT2D eigenvalue weighted by Crippen LogP contribution is 2.27. The van der Waals surface area contributed by atoms with E-state index in [9.17, 15) is 4.79 Å². The van der Waals surface area contributed by atoms with Gasteiger partial charge >= 0.3 is 0 Å². The van der Waals surface area contributed by atoms with Crippen molar-refractivity contribution in [2.24, 2.45) is 0 Å². The van der Waals surface area contributed by atoms with Crippen LogP contribution in [0.25, 0.3) is 0 Å². The predicted molar refractivity (Wildman–Crippen MR) is 107 cm³/mol. The highest BCUT2D eigenvalue weighted by atomic mass is 79.9. The van der Waals surface area contributed by atoms with E-state index in [0.717, 1.165) is 4.47 Å². The monoisotopic (exact) mass is 430 g/mol. The largest absolute Gasteiger partial charge is 0.416 e. The molecule has 0 bridgehead atoms. The summed E-state index contributed by atoms with van der Waals surface area (Å²) in [5, 5.41) is 8.34. The number of hydrogen-bond acceptors (Lipinski definition) is 5. The number of carbonyl (C=O) groups is 1. The van der Waals surface area contributed by atoms with Crippen molar-refractivity contribution in [2.45, 2.75) is 36.7 Å². The van der Waals surface area contributed by atoms with E-state index in [2.05, 4.69) is 45.2 Å². The minimum atomic E-state index is -0.295. The van der Waals surface area contributed by atoms with Crippen molar-refractivity contribution in [1.29, 1.82) is 0 Å². The normalized spacial score (nSPS) is 13.3. The average molecular weight is 431 g/mol. The van der Waals surface area contributed by atoms with E-state index in [1.54, 1.807) is 0 Å². The smallest absolute Gasteiger partial charge is 0.277 e. The maximum Gasteiger partial charge on any atom is 0.277 e. The zero-order valence-corrected chi connectivity index (χ0v) is 17.0. The molecule has 6 heteroatoms. The molecule has 0 radical (unpaired) electrons. The Hall–Kier alpha value is -1.92. The van der Waals surface area contributed by atoms with Crippen LogP contribution in [0.4, 0.5) is 0 Å². The second-order valence-corrected chi connectivity index (χ2v) is 8.32. The van der Waals surface area contributed by atoms with Gasteiger partial charge in [-0.2, -0.15) is 0 Å². The van der Waals surface area contributed by atoms with E-state index >= 15 is 0 Å². The van der Waals surface area contributed by atoms with Crippen molar-refractivity contribution in [1.82, 2.24) is 10.2 Å². The van der Waals surface area contributed by atoms with Crippen molar-refractivity contribution in [3.8, 4) is 0 Å². The van der Waals surface area contributed by atoms with Gasteiger partial charge in [0.25, 0.3) is 5.22 Å². The molecule has 2 unspecified atom stereocenters. The minimum Gasteiger partial charge on any atom is -0.416 e. The van der Waals surface area contributed by atoms with Crippen molar-refractivity contribution in [3.05, 3.63) is 76.1 Å². The van der Waals surface area contributed by atoms with Crippen LogP contribution in [0.15, 0.2) is 68.7 Å². The predicted octanol–water partition coefficient (Wildman–Crippen LogP) is 5.54. The first kappa shape index (κ1) is 18.9. The Balaban J connectivity index is 1.61. The maximum absolute atomic E-state index is 12.5. The fourth-order valence-corrected chi connectivity index (χ4v) is 3.63. The molecule has 4 nitrogen and oxygen atoms in total. The molecule has 3 rings (SSSR count). The molecule has 0 aliphatic carbocycles. The number of Topliss-reactive ketones (excluding diaryl/α,β-unsaturated/α-hetero) is 1. The Kier molecular flexibility index (Phi) is 6.27. The van der Waals surface area contributed by atoms with Gasteiger partial charge in [0.05, 0.1) is 5.25 Å².